The summed E-state index contributed by atoms with van der Waals surface area (Å²) in [7, 11) is 0. The molecule has 4 heteroatoms. The minimum atomic E-state index is -0.859. The number of phenols is 1. The Bertz CT molecular complexity index is 346. The van der Waals surface area contributed by atoms with Crippen LogP contribution in [-0.4, -0.2) is 28.3 Å². The minimum absolute atomic E-state index is 0.123. The molecule has 3 N–H and O–H groups in total. The number of hydrogen-bond donors (Lipinski definition) is 3. The highest BCUT2D eigenvalue weighted by atomic mass is 16.4. The number of hydrogen-bond acceptors (Lipinski definition) is 3. The molecule has 0 aliphatic rings. The van der Waals surface area contributed by atoms with E-state index in [1.165, 1.54) is 0 Å². The molecule has 0 aliphatic carbocycles. The van der Waals surface area contributed by atoms with Crippen LogP contribution in [0.5, 0.6) is 5.75 Å². The number of phenolic OH excluding ortho intramolecular Hbond substituents is 1. The van der Waals surface area contributed by atoms with Gasteiger partial charge in [-0.3, -0.25) is 4.79 Å². The number of carbonyl (C=O) groups is 1. The van der Waals surface area contributed by atoms with E-state index in [-0.39, 0.29) is 11.8 Å². The standard InChI is InChI=1S/C12H17NO3/c1-8(2)13-11(12(15)16)7-9-3-5-10(14)6-4-9/h3-6,8,11,13-14H,7H2,1-2H3,(H,15,16). The van der Waals surface area contributed by atoms with Crippen LogP contribution in [0, 0.1) is 0 Å². The predicted molar refractivity (Wildman–Crippen MR) is 61.5 cm³/mol. The van der Waals surface area contributed by atoms with Crippen LogP contribution < -0.4 is 5.32 Å². The number of rotatable bonds is 5. The van der Waals surface area contributed by atoms with Gasteiger partial charge in [-0.05, 0) is 24.1 Å². The van der Waals surface area contributed by atoms with Gasteiger partial charge in [0.15, 0.2) is 0 Å². The first-order chi connectivity index (χ1) is 7.49. The van der Waals surface area contributed by atoms with Gasteiger partial charge in [-0.1, -0.05) is 26.0 Å². The van der Waals surface area contributed by atoms with Gasteiger partial charge in [0.1, 0.15) is 11.8 Å². The molecule has 1 aromatic carbocycles. The van der Waals surface area contributed by atoms with E-state index in [4.69, 9.17) is 10.2 Å². The van der Waals surface area contributed by atoms with Crippen molar-refractivity contribution in [2.24, 2.45) is 0 Å². The topological polar surface area (TPSA) is 69.6 Å². The molecular weight excluding hydrogens is 206 g/mol. The Hall–Kier alpha value is -1.55. The van der Waals surface area contributed by atoms with Crippen molar-refractivity contribution in [2.45, 2.75) is 32.4 Å². The summed E-state index contributed by atoms with van der Waals surface area (Å²) in [5.74, 6) is -0.672. The zero-order chi connectivity index (χ0) is 12.1. The summed E-state index contributed by atoms with van der Waals surface area (Å²) < 4.78 is 0. The molecule has 0 radical (unpaired) electrons. The molecular formula is C12H17NO3. The van der Waals surface area contributed by atoms with Crippen molar-refractivity contribution in [1.82, 2.24) is 5.32 Å². The highest BCUT2D eigenvalue weighted by Crippen LogP contribution is 2.11. The third kappa shape index (κ3) is 3.90. The Balaban J connectivity index is 2.68. The summed E-state index contributed by atoms with van der Waals surface area (Å²) in [6.45, 7) is 3.82. The second-order valence-electron chi connectivity index (χ2n) is 4.08. The van der Waals surface area contributed by atoms with Crippen LogP contribution in [0.25, 0.3) is 0 Å². The Labute approximate surface area is 94.9 Å². The second-order valence-corrected chi connectivity index (χ2v) is 4.08. The number of benzene rings is 1. The van der Waals surface area contributed by atoms with E-state index in [2.05, 4.69) is 5.32 Å². The highest BCUT2D eigenvalue weighted by Gasteiger charge is 2.18. The molecule has 1 rings (SSSR count). The van der Waals surface area contributed by atoms with Crippen LogP contribution in [0.4, 0.5) is 0 Å². The quantitative estimate of drug-likeness (QED) is 0.705. The Kier molecular flexibility index (Phi) is 4.31. The molecule has 0 bridgehead atoms. The lowest BCUT2D eigenvalue weighted by molar-refractivity contribution is -0.139. The monoisotopic (exact) mass is 223 g/mol. The number of carboxylic acid groups (broad SMARTS) is 1. The van der Waals surface area contributed by atoms with E-state index < -0.39 is 12.0 Å². The Morgan fingerprint density at radius 3 is 2.31 bits per heavy atom. The van der Waals surface area contributed by atoms with Crippen molar-refractivity contribution in [3.8, 4) is 5.75 Å². The normalized spacial score (nSPS) is 12.7. The van der Waals surface area contributed by atoms with Crippen molar-refractivity contribution < 1.29 is 15.0 Å². The van der Waals surface area contributed by atoms with Gasteiger partial charge in [-0.15, -0.1) is 0 Å². The zero-order valence-electron chi connectivity index (χ0n) is 9.47. The van der Waals surface area contributed by atoms with Gasteiger partial charge in [0.05, 0.1) is 0 Å². The summed E-state index contributed by atoms with van der Waals surface area (Å²) in [4.78, 5) is 11.0. The van der Waals surface area contributed by atoms with Crippen LogP contribution in [0.1, 0.15) is 19.4 Å². The summed E-state index contributed by atoms with van der Waals surface area (Å²) in [6.07, 6.45) is 0.411. The molecule has 0 spiro atoms. The first-order valence-electron chi connectivity index (χ1n) is 5.26. The van der Waals surface area contributed by atoms with Crippen molar-refractivity contribution in [3.63, 3.8) is 0 Å². The van der Waals surface area contributed by atoms with Gasteiger partial charge in [0.2, 0.25) is 0 Å². The van der Waals surface area contributed by atoms with Crippen LogP contribution in [-0.2, 0) is 11.2 Å². The molecule has 16 heavy (non-hydrogen) atoms. The predicted octanol–water partition coefficient (Wildman–Crippen LogP) is 1.39. The van der Waals surface area contributed by atoms with E-state index in [0.29, 0.717) is 6.42 Å². The minimum Gasteiger partial charge on any atom is -0.508 e. The van der Waals surface area contributed by atoms with Gasteiger partial charge >= 0.3 is 5.97 Å². The molecule has 1 aromatic rings. The molecule has 0 fully saturated rings. The van der Waals surface area contributed by atoms with Crippen molar-refractivity contribution in [1.29, 1.82) is 0 Å². The smallest absolute Gasteiger partial charge is 0.321 e. The van der Waals surface area contributed by atoms with Crippen molar-refractivity contribution in [3.05, 3.63) is 29.8 Å². The van der Waals surface area contributed by atoms with Crippen molar-refractivity contribution >= 4 is 5.97 Å². The second kappa shape index (κ2) is 5.51. The van der Waals surface area contributed by atoms with Gasteiger partial charge < -0.3 is 15.5 Å². The van der Waals surface area contributed by atoms with Crippen LogP contribution in [0.3, 0.4) is 0 Å². The van der Waals surface area contributed by atoms with Gasteiger partial charge in [0.25, 0.3) is 0 Å². The molecule has 88 valence electrons. The highest BCUT2D eigenvalue weighted by molar-refractivity contribution is 5.74. The van der Waals surface area contributed by atoms with Crippen LogP contribution in [0.15, 0.2) is 24.3 Å². The lowest BCUT2D eigenvalue weighted by Crippen LogP contribution is -2.42. The van der Waals surface area contributed by atoms with Gasteiger partial charge in [-0.25, -0.2) is 0 Å². The summed E-state index contributed by atoms with van der Waals surface area (Å²) in [6, 6.07) is 6.11. The van der Waals surface area contributed by atoms with Gasteiger partial charge in [0, 0.05) is 6.04 Å². The largest absolute Gasteiger partial charge is 0.508 e. The molecule has 1 unspecified atom stereocenters. The van der Waals surface area contributed by atoms with E-state index >= 15 is 0 Å². The molecule has 4 nitrogen and oxygen atoms in total. The molecule has 0 saturated carbocycles. The number of aromatic hydroxyl groups is 1. The molecule has 0 aliphatic heterocycles. The van der Waals surface area contributed by atoms with E-state index in [1.54, 1.807) is 24.3 Å². The SMILES string of the molecule is CC(C)NC(Cc1ccc(O)cc1)C(=O)O. The maximum atomic E-state index is 11.0. The summed E-state index contributed by atoms with van der Waals surface area (Å²) >= 11 is 0. The molecule has 1 atom stereocenters. The molecule has 0 amide bonds. The van der Waals surface area contributed by atoms with E-state index in [9.17, 15) is 4.79 Å². The van der Waals surface area contributed by atoms with E-state index in [1.807, 2.05) is 13.8 Å². The first kappa shape index (κ1) is 12.5. The van der Waals surface area contributed by atoms with Crippen molar-refractivity contribution in [2.75, 3.05) is 0 Å². The fourth-order valence-corrected chi connectivity index (χ4v) is 1.49. The Morgan fingerprint density at radius 2 is 1.88 bits per heavy atom. The van der Waals surface area contributed by atoms with Crippen LogP contribution >= 0.6 is 0 Å². The summed E-state index contributed by atoms with van der Waals surface area (Å²) in [5, 5.41) is 21.1. The number of nitrogens with one attached hydrogen (secondary N) is 1. The number of carboxylic acids is 1. The van der Waals surface area contributed by atoms with E-state index in [0.717, 1.165) is 5.56 Å². The first-order valence-corrected chi connectivity index (χ1v) is 5.26. The fourth-order valence-electron chi connectivity index (χ4n) is 1.49. The Morgan fingerprint density at radius 1 is 1.31 bits per heavy atom. The fraction of sp³-hybridized carbons (Fsp3) is 0.417. The third-order valence-corrected chi connectivity index (χ3v) is 2.21. The lowest BCUT2D eigenvalue weighted by Gasteiger charge is -2.17. The van der Waals surface area contributed by atoms with Gasteiger partial charge in [-0.2, -0.15) is 0 Å². The number of aliphatic carboxylic acids is 1. The molecule has 0 saturated heterocycles. The average Bonchev–Trinajstić information content (AvgIpc) is 2.19. The third-order valence-electron chi connectivity index (χ3n) is 2.21. The maximum absolute atomic E-state index is 11.0. The average molecular weight is 223 g/mol. The molecule has 0 heterocycles. The van der Waals surface area contributed by atoms with Crippen LogP contribution in [0.2, 0.25) is 0 Å². The maximum Gasteiger partial charge on any atom is 0.321 e. The zero-order valence-corrected chi connectivity index (χ0v) is 9.47. The molecule has 0 aromatic heterocycles. The lowest BCUT2D eigenvalue weighted by atomic mass is 10.1. The summed E-state index contributed by atoms with van der Waals surface area (Å²) in [5.41, 5.74) is 0.887.